The fourth-order valence-electron chi connectivity index (χ4n) is 4.83. The molecule has 0 radical (unpaired) electrons. The first-order valence-corrected chi connectivity index (χ1v) is 7.69. The molecule has 0 aromatic rings. The summed E-state index contributed by atoms with van der Waals surface area (Å²) in [7, 11) is 0. The normalized spacial score (nSPS) is 45.8. The van der Waals surface area contributed by atoms with Crippen molar-refractivity contribution in [2.75, 3.05) is 0 Å². The Kier molecular flexibility index (Phi) is 3.07. The molecule has 2 fully saturated rings. The first-order valence-electron chi connectivity index (χ1n) is 7.69. The van der Waals surface area contributed by atoms with E-state index in [2.05, 4.69) is 19.8 Å². The summed E-state index contributed by atoms with van der Waals surface area (Å²) in [5.74, 6) is 2.78. The minimum Gasteiger partial charge on any atom is -0.504 e. The SMILES string of the molecule is C#CC12C=C(O)C(=O)C=C1C1(C)CCC(O)C(C)C1CC2. The molecular formula is C18H22O3. The van der Waals surface area contributed by atoms with Crippen molar-refractivity contribution in [3.05, 3.63) is 23.5 Å². The van der Waals surface area contributed by atoms with Crippen LogP contribution in [0.25, 0.3) is 0 Å². The number of aliphatic hydroxyl groups excluding tert-OH is 2. The quantitative estimate of drug-likeness (QED) is 0.673. The van der Waals surface area contributed by atoms with Crippen LogP contribution in [0.2, 0.25) is 0 Å². The highest BCUT2D eigenvalue weighted by molar-refractivity contribution is 6.04. The minimum atomic E-state index is -0.634. The molecule has 0 saturated heterocycles. The first-order chi connectivity index (χ1) is 9.84. The van der Waals surface area contributed by atoms with E-state index in [4.69, 9.17) is 6.42 Å². The predicted molar refractivity (Wildman–Crippen MR) is 80.3 cm³/mol. The van der Waals surface area contributed by atoms with Gasteiger partial charge >= 0.3 is 0 Å². The van der Waals surface area contributed by atoms with E-state index in [0.717, 1.165) is 31.3 Å². The van der Waals surface area contributed by atoms with Crippen LogP contribution in [0.4, 0.5) is 0 Å². The van der Waals surface area contributed by atoms with Crippen LogP contribution in [0.1, 0.15) is 39.5 Å². The van der Waals surface area contributed by atoms with Crippen LogP contribution in [0.5, 0.6) is 0 Å². The number of hydrogen-bond acceptors (Lipinski definition) is 3. The molecule has 5 unspecified atom stereocenters. The Labute approximate surface area is 125 Å². The van der Waals surface area contributed by atoms with Gasteiger partial charge in [-0.15, -0.1) is 6.42 Å². The molecule has 0 heterocycles. The molecule has 3 nitrogen and oxygen atoms in total. The highest BCUT2D eigenvalue weighted by Gasteiger charge is 2.55. The third-order valence-electron chi connectivity index (χ3n) is 6.13. The zero-order valence-electron chi connectivity index (χ0n) is 12.6. The number of ketones is 1. The van der Waals surface area contributed by atoms with Crippen LogP contribution in [-0.2, 0) is 4.79 Å². The number of aliphatic hydroxyl groups is 2. The molecule has 3 rings (SSSR count). The van der Waals surface area contributed by atoms with E-state index in [1.807, 2.05) is 0 Å². The summed E-state index contributed by atoms with van der Waals surface area (Å²) in [6, 6.07) is 0. The molecule has 0 bridgehead atoms. The van der Waals surface area contributed by atoms with Crippen LogP contribution < -0.4 is 0 Å². The van der Waals surface area contributed by atoms with Gasteiger partial charge in [-0.05, 0) is 60.7 Å². The molecule has 3 heteroatoms. The zero-order chi connectivity index (χ0) is 15.4. The Morgan fingerprint density at radius 1 is 1.38 bits per heavy atom. The van der Waals surface area contributed by atoms with Gasteiger partial charge in [0, 0.05) is 0 Å². The maximum atomic E-state index is 12.0. The smallest absolute Gasteiger partial charge is 0.219 e. The summed E-state index contributed by atoms with van der Waals surface area (Å²) in [4.78, 5) is 12.0. The molecule has 21 heavy (non-hydrogen) atoms. The van der Waals surface area contributed by atoms with E-state index in [9.17, 15) is 15.0 Å². The maximum Gasteiger partial charge on any atom is 0.219 e. The third kappa shape index (κ3) is 1.82. The van der Waals surface area contributed by atoms with E-state index >= 15 is 0 Å². The van der Waals surface area contributed by atoms with E-state index in [1.54, 1.807) is 12.2 Å². The molecule has 3 aliphatic rings. The Hall–Kier alpha value is -1.53. The van der Waals surface area contributed by atoms with E-state index in [-0.39, 0.29) is 29.0 Å². The van der Waals surface area contributed by atoms with Crippen molar-refractivity contribution in [1.82, 2.24) is 0 Å². The summed E-state index contributed by atoms with van der Waals surface area (Å²) in [5.41, 5.74) is 0.164. The van der Waals surface area contributed by atoms with Gasteiger partial charge in [0.15, 0.2) is 5.76 Å². The van der Waals surface area contributed by atoms with Gasteiger partial charge < -0.3 is 10.2 Å². The average Bonchev–Trinajstić information content (AvgIpc) is 2.46. The van der Waals surface area contributed by atoms with Gasteiger partial charge in [-0.2, -0.15) is 0 Å². The predicted octanol–water partition coefficient (Wildman–Crippen LogP) is 2.76. The van der Waals surface area contributed by atoms with E-state index < -0.39 is 5.41 Å². The van der Waals surface area contributed by atoms with Gasteiger partial charge in [-0.1, -0.05) is 19.8 Å². The monoisotopic (exact) mass is 286 g/mol. The van der Waals surface area contributed by atoms with Gasteiger partial charge in [0.25, 0.3) is 0 Å². The minimum absolute atomic E-state index is 0.171. The van der Waals surface area contributed by atoms with Crippen LogP contribution in [-0.4, -0.2) is 22.1 Å². The number of fused-ring (bicyclic) bond motifs is 3. The Bertz CT molecular complexity index is 594. The standard InChI is InChI=1S/C18H22O3/c1-4-18-8-5-12-11(2)13(19)6-7-17(12,3)16(18)9-14(20)15(21)10-18/h1,9-13,19,21H,5-8H2,2-3H3. The summed E-state index contributed by atoms with van der Waals surface area (Å²) in [5, 5.41) is 20.0. The van der Waals surface area contributed by atoms with Crippen molar-refractivity contribution in [3.63, 3.8) is 0 Å². The molecule has 0 amide bonds. The summed E-state index contributed by atoms with van der Waals surface area (Å²) in [6.07, 6.45) is 11.9. The second-order valence-corrected chi connectivity index (χ2v) is 7.10. The van der Waals surface area contributed by atoms with Gasteiger partial charge in [-0.25, -0.2) is 0 Å². The summed E-state index contributed by atoms with van der Waals surface area (Å²) >= 11 is 0. The highest BCUT2D eigenvalue weighted by atomic mass is 16.3. The van der Waals surface area contributed by atoms with Crippen molar-refractivity contribution in [3.8, 4) is 12.3 Å². The lowest BCUT2D eigenvalue weighted by molar-refractivity contribution is -0.114. The first kappa shape index (κ1) is 14.4. The second-order valence-electron chi connectivity index (χ2n) is 7.10. The van der Waals surface area contributed by atoms with Crippen LogP contribution in [0.15, 0.2) is 23.5 Å². The molecule has 0 aromatic carbocycles. The summed E-state index contributed by atoms with van der Waals surface area (Å²) in [6.45, 7) is 4.26. The van der Waals surface area contributed by atoms with Gasteiger partial charge in [-0.3, -0.25) is 4.79 Å². The molecule has 2 N–H and O–H groups in total. The number of carbonyl (C=O) groups excluding carboxylic acids is 1. The molecular weight excluding hydrogens is 264 g/mol. The lowest BCUT2D eigenvalue weighted by atomic mass is 9.47. The van der Waals surface area contributed by atoms with Crippen molar-refractivity contribution in [2.45, 2.75) is 45.6 Å². The Morgan fingerprint density at radius 3 is 2.76 bits per heavy atom. The largest absolute Gasteiger partial charge is 0.504 e. The fourth-order valence-corrected chi connectivity index (χ4v) is 4.83. The van der Waals surface area contributed by atoms with Gasteiger partial charge in [0.2, 0.25) is 5.78 Å². The molecule has 0 aromatic heterocycles. The van der Waals surface area contributed by atoms with Crippen molar-refractivity contribution < 1.29 is 15.0 Å². The van der Waals surface area contributed by atoms with E-state index in [1.165, 1.54) is 0 Å². The number of allylic oxidation sites excluding steroid dienone is 3. The molecule has 0 spiro atoms. The average molecular weight is 286 g/mol. The molecule has 2 saturated carbocycles. The number of carbonyl (C=O) groups is 1. The van der Waals surface area contributed by atoms with Crippen molar-refractivity contribution in [1.29, 1.82) is 0 Å². The lowest BCUT2D eigenvalue weighted by Gasteiger charge is -2.56. The number of rotatable bonds is 0. The maximum absolute atomic E-state index is 12.0. The number of hydrogen-bond donors (Lipinski definition) is 2. The highest BCUT2D eigenvalue weighted by Crippen LogP contribution is 2.61. The lowest BCUT2D eigenvalue weighted by Crippen LogP contribution is -2.51. The second kappa shape index (κ2) is 4.48. The Balaban J connectivity index is 2.12. The van der Waals surface area contributed by atoms with E-state index in [0.29, 0.717) is 5.92 Å². The van der Waals surface area contributed by atoms with Gasteiger partial charge in [0.05, 0.1) is 11.5 Å². The fraction of sp³-hybridized carbons (Fsp3) is 0.611. The molecule has 3 aliphatic carbocycles. The van der Waals surface area contributed by atoms with Crippen LogP contribution in [0, 0.1) is 35.0 Å². The summed E-state index contributed by atoms with van der Waals surface area (Å²) < 4.78 is 0. The van der Waals surface area contributed by atoms with Crippen molar-refractivity contribution in [2.24, 2.45) is 22.7 Å². The zero-order valence-corrected chi connectivity index (χ0v) is 12.6. The topological polar surface area (TPSA) is 57.5 Å². The Morgan fingerprint density at radius 2 is 2.10 bits per heavy atom. The van der Waals surface area contributed by atoms with Crippen LogP contribution >= 0.6 is 0 Å². The third-order valence-corrected chi connectivity index (χ3v) is 6.13. The molecule has 112 valence electrons. The molecule has 0 aliphatic heterocycles. The number of terminal acetylenes is 1. The van der Waals surface area contributed by atoms with Crippen LogP contribution in [0.3, 0.4) is 0 Å². The molecule has 5 atom stereocenters. The van der Waals surface area contributed by atoms with Gasteiger partial charge in [0.1, 0.15) is 0 Å². The van der Waals surface area contributed by atoms with Crippen molar-refractivity contribution >= 4 is 5.78 Å².